The van der Waals surface area contributed by atoms with Crippen molar-refractivity contribution >= 4 is 34.6 Å². The number of amidine groups is 1. The number of carbonyl (C=O) groups excluding carboxylic acids is 1. The van der Waals surface area contributed by atoms with Gasteiger partial charge < -0.3 is 9.84 Å². The van der Waals surface area contributed by atoms with Crippen LogP contribution in [0.15, 0.2) is 52.4 Å². The van der Waals surface area contributed by atoms with Crippen LogP contribution in [-0.4, -0.2) is 34.2 Å². The number of hydrogen-bond donors (Lipinski definition) is 1. The minimum absolute atomic E-state index is 0.0538. The normalized spacial score (nSPS) is 17.1. The number of ether oxygens (including phenoxy) is 1. The highest BCUT2D eigenvalue weighted by atomic mass is 32.2. The monoisotopic (exact) mass is 386 g/mol. The van der Waals surface area contributed by atoms with Crippen molar-refractivity contribution in [3.05, 3.63) is 58.8 Å². The fraction of sp³-hybridized carbons (Fsp3) is 0.200. The summed E-state index contributed by atoms with van der Waals surface area (Å²) >= 11 is 1.26. The lowest BCUT2D eigenvalue weighted by Gasteiger charge is -2.11. The summed E-state index contributed by atoms with van der Waals surface area (Å²) in [6, 6.07) is 10.7. The molecule has 1 amide bonds. The maximum atomic E-state index is 13.1. The minimum atomic E-state index is -0.334. The lowest BCUT2D eigenvalue weighted by atomic mass is 10.2. The Morgan fingerprint density at radius 3 is 2.63 bits per heavy atom. The molecule has 7 heteroatoms. The average molecular weight is 386 g/mol. The lowest BCUT2D eigenvalue weighted by molar-refractivity contribution is -0.122. The molecule has 0 unspecified atom stereocenters. The second-order valence-electron chi connectivity index (χ2n) is 5.69. The number of aliphatic imine (C=N–C) groups is 1. The Bertz CT molecular complexity index is 910. The Morgan fingerprint density at radius 1 is 1.22 bits per heavy atom. The standard InChI is InChI=1S/C20H19FN2O3S/c1-3-23-19(25)18(12-13-5-10-16(24)17(11-13)26-4-2)27-20(23)22-15-8-6-14(21)7-9-15/h5-12,24H,3-4H2,1-2H3/b18-12+,22-20?. The van der Waals surface area contributed by atoms with Crippen molar-refractivity contribution in [2.24, 2.45) is 4.99 Å². The van der Waals surface area contributed by atoms with Crippen molar-refractivity contribution in [2.45, 2.75) is 13.8 Å². The van der Waals surface area contributed by atoms with Crippen LogP contribution in [0.5, 0.6) is 11.5 Å². The Hall–Kier alpha value is -2.80. The van der Waals surface area contributed by atoms with Crippen molar-refractivity contribution in [3.8, 4) is 11.5 Å². The summed E-state index contributed by atoms with van der Waals surface area (Å²) in [5.41, 5.74) is 1.32. The van der Waals surface area contributed by atoms with E-state index in [2.05, 4.69) is 4.99 Å². The number of rotatable bonds is 5. The molecule has 1 N–H and O–H groups in total. The second-order valence-corrected chi connectivity index (χ2v) is 6.70. The van der Waals surface area contributed by atoms with Crippen LogP contribution < -0.4 is 4.74 Å². The van der Waals surface area contributed by atoms with Crippen LogP contribution in [0.25, 0.3) is 6.08 Å². The van der Waals surface area contributed by atoms with E-state index in [1.807, 2.05) is 13.8 Å². The third kappa shape index (κ3) is 4.31. The summed E-state index contributed by atoms with van der Waals surface area (Å²) in [6.45, 7) is 4.61. The number of carbonyl (C=O) groups is 1. The fourth-order valence-electron chi connectivity index (χ4n) is 2.54. The molecule has 2 aromatic carbocycles. The van der Waals surface area contributed by atoms with Crippen molar-refractivity contribution in [1.29, 1.82) is 0 Å². The molecule has 0 radical (unpaired) electrons. The molecule has 2 aromatic rings. The molecule has 1 aliphatic heterocycles. The van der Waals surface area contributed by atoms with E-state index in [-0.39, 0.29) is 17.5 Å². The molecule has 0 aliphatic carbocycles. The summed E-state index contributed by atoms with van der Waals surface area (Å²) in [5, 5.41) is 10.4. The Kier molecular flexibility index (Phi) is 5.81. The van der Waals surface area contributed by atoms with Crippen LogP contribution in [0, 0.1) is 5.82 Å². The number of benzene rings is 2. The number of aromatic hydroxyl groups is 1. The van der Waals surface area contributed by atoms with E-state index in [9.17, 15) is 14.3 Å². The molecule has 0 bridgehead atoms. The fourth-order valence-corrected chi connectivity index (χ4v) is 3.60. The van der Waals surface area contributed by atoms with Crippen LogP contribution in [0.2, 0.25) is 0 Å². The van der Waals surface area contributed by atoms with E-state index in [0.29, 0.717) is 34.7 Å². The van der Waals surface area contributed by atoms with Gasteiger partial charge in [0, 0.05) is 6.54 Å². The quantitative estimate of drug-likeness (QED) is 0.766. The van der Waals surface area contributed by atoms with Crippen molar-refractivity contribution in [1.82, 2.24) is 4.90 Å². The zero-order valence-corrected chi connectivity index (χ0v) is 15.8. The third-order valence-corrected chi connectivity index (χ3v) is 4.84. The van der Waals surface area contributed by atoms with Crippen molar-refractivity contribution in [3.63, 3.8) is 0 Å². The van der Waals surface area contributed by atoms with Gasteiger partial charge in [0.05, 0.1) is 17.2 Å². The Labute approximate surface area is 161 Å². The number of likely N-dealkylation sites (N-methyl/N-ethyl adjacent to an activating group) is 1. The first-order valence-corrected chi connectivity index (χ1v) is 9.35. The molecule has 0 atom stereocenters. The molecule has 0 aromatic heterocycles. The molecular formula is C20H19FN2O3S. The number of phenols is 1. The van der Waals surface area contributed by atoms with Gasteiger partial charge >= 0.3 is 0 Å². The van der Waals surface area contributed by atoms with Crippen LogP contribution in [0.1, 0.15) is 19.4 Å². The van der Waals surface area contributed by atoms with Gasteiger partial charge in [0.15, 0.2) is 16.7 Å². The number of hydrogen-bond acceptors (Lipinski definition) is 5. The molecular weight excluding hydrogens is 367 g/mol. The summed E-state index contributed by atoms with van der Waals surface area (Å²) in [6.07, 6.45) is 1.74. The van der Waals surface area contributed by atoms with Crippen molar-refractivity contribution in [2.75, 3.05) is 13.2 Å². The maximum absolute atomic E-state index is 13.1. The number of phenolic OH excluding ortho intramolecular Hbond substituents is 1. The summed E-state index contributed by atoms with van der Waals surface area (Å²) in [7, 11) is 0. The predicted molar refractivity (Wildman–Crippen MR) is 106 cm³/mol. The van der Waals surface area contributed by atoms with Gasteiger partial charge in [-0.15, -0.1) is 0 Å². The van der Waals surface area contributed by atoms with Gasteiger partial charge in [-0.2, -0.15) is 0 Å². The van der Waals surface area contributed by atoms with E-state index >= 15 is 0 Å². The van der Waals surface area contributed by atoms with Gasteiger partial charge in [-0.25, -0.2) is 9.38 Å². The molecule has 140 valence electrons. The van der Waals surface area contributed by atoms with Gasteiger partial charge in [-0.1, -0.05) is 6.07 Å². The summed E-state index contributed by atoms with van der Waals surface area (Å²) in [5.74, 6) is -0.0538. The highest BCUT2D eigenvalue weighted by molar-refractivity contribution is 8.18. The molecule has 27 heavy (non-hydrogen) atoms. The average Bonchev–Trinajstić information content (AvgIpc) is 2.94. The van der Waals surface area contributed by atoms with Gasteiger partial charge in [0.25, 0.3) is 5.91 Å². The molecule has 1 fully saturated rings. The van der Waals surface area contributed by atoms with Gasteiger partial charge in [0.1, 0.15) is 5.82 Å². The SMILES string of the molecule is CCOc1cc(/C=C2/SC(=Nc3ccc(F)cc3)N(CC)C2=O)ccc1O. The lowest BCUT2D eigenvalue weighted by Crippen LogP contribution is -2.28. The first-order chi connectivity index (χ1) is 13.0. The predicted octanol–water partition coefficient (Wildman–Crippen LogP) is 4.55. The third-order valence-electron chi connectivity index (χ3n) is 3.84. The molecule has 1 aliphatic rings. The van der Waals surface area contributed by atoms with Crippen LogP contribution >= 0.6 is 11.8 Å². The van der Waals surface area contributed by atoms with E-state index < -0.39 is 0 Å². The molecule has 1 saturated heterocycles. The van der Waals surface area contributed by atoms with Gasteiger partial charge in [-0.05, 0) is 73.6 Å². The van der Waals surface area contributed by atoms with E-state index in [1.54, 1.807) is 35.2 Å². The van der Waals surface area contributed by atoms with E-state index in [1.165, 1.54) is 30.0 Å². The van der Waals surface area contributed by atoms with Gasteiger partial charge in [-0.3, -0.25) is 9.69 Å². The summed E-state index contributed by atoms with van der Waals surface area (Å²) in [4.78, 5) is 19.2. The van der Waals surface area contributed by atoms with Crippen LogP contribution in [0.4, 0.5) is 10.1 Å². The molecule has 0 saturated carbocycles. The van der Waals surface area contributed by atoms with Gasteiger partial charge in [0.2, 0.25) is 0 Å². The molecule has 3 rings (SSSR count). The zero-order chi connectivity index (χ0) is 19.4. The number of halogens is 1. The van der Waals surface area contributed by atoms with Crippen LogP contribution in [0.3, 0.4) is 0 Å². The van der Waals surface area contributed by atoms with Crippen LogP contribution in [-0.2, 0) is 4.79 Å². The Morgan fingerprint density at radius 2 is 1.96 bits per heavy atom. The largest absolute Gasteiger partial charge is 0.504 e. The highest BCUT2D eigenvalue weighted by Gasteiger charge is 2.32. The van der Waals surface area contributed by atoms with Crippen molar-refractivity contribution < 1.29 is 19.0 Å². The minimum Gasteiger partial charge on any atom is -0.504 e. The number of amides is 1. The maximum Gasteiger partial charge on any atom is 0.266 e. The summed E-state index contributed by atoms with van der Waals surface area (Å²) < 4.78 is 18.5. The topological polar surface area (TPSA) is 62.1 Å². The number of nitrogens with zero attached hydrogens (tertiary/aromatic N) is 2. The smallest absolute Gasteiger partial charge is 0.266 e. The zero-order valence-electron chi connectivity index (χ0n) is 15.0. The Balaban J connectivity index is 1.91. The molecule has 0 spiro atoms. The van der Waals surface area contributed by atoms with E-state index in [4.69, 9.17) is 4.74 Å². The molecule has 1 heterocycles. The first-order valence-electron chi connectivity index (χ1n) is 8.53. The van der Waals surface area contributed by atoms with E-state index in [0.717, 1.165) is 5.56 Å². The highest BCUT2D eigenvalue weighted by Crippen LogP contribution is 2.35. The molecule has 5 nitrogen and oxygen atoms in total. The number of thioether (sulfide) groups is 1. The second kappa shape index (κ2) is 8.26. The first kappa shape index (κ1) is 19.0.